The predicted octanol–water partition coefficient (Wildman–Crippen LogP) is 2.44. The van der Waals surface area contributed by atoms with Crippen molar-refractivity contribution in [2.75, 3.05) is 30.9 Å². The van der Waals surface area contributed by atoms with Gasteiger partial charge in [0.1, 0.15) is 4.88 Å². The molecule has 0 unspecified atom stereocenters. The molecule has 1 amide bonds. The monoisotopic (exact) mass is 290 g/mol. The van der Waals surface area contributed by atoms with Crippen molar-refractivity contribution in [2.24, 2.45) is 0 Å². The van der Waals surface area contributed by atoms with Crippen molar-refractivity contribution in [1.82, 2.24) is 9.59 Å². The zero-order chi connectivity index (χ0) is 14.7. The molecule has 0 atom stereocenters. The van der Waals surface area contributed by atoms with E-state index in [0.29, 0.717) is 11.3 Å². The van der Waals surface area contributed by atoms with E-state index in [0.717, 1.165) is 28.6 Å². The number of benzene rings is 1. The summed E-state index contributed by atoms with van der Waals surface area (Å²) in [5.74, 6) is -0.0637. The maximum atomic E-state index is 12.6. The van der Waals surface area contributed by atoms with Crippen molar-refractivity contribution in [3.8, 4) is 0 Å². The molecule has 0 saturated carbocycles. The van der Waals surface area contributed by atoms with Crippen LogP contribution in [-0.4, -0.2) is 36.6 Å². The molecule has 106 valence electrons. The van der Waals surface area contributed by atoms with Gasteiger partial charge < -0.3 is 9.80 Å². The van der Waals surface area contributed by atoms with Crippen LogP contribution < -0.4 is 9.80 Å². The Bertz CT molecular complexity index is 609. The van der Waals surface area contributed by atoms with Gasteiger partial charge in [-0.1, -0.05) is 23.5 Å². The minimum Gasteiger partial charge on any atom is -0.376 e. The molecular formula is C14H18N4OS. The van der Waals surface area contributed by atoms with E-state index in [1.807, 2.05) is 50.2 Å². The average molecular weight is 290 g/mol. The highest BCUT2D eigenvalue weighted by Gasteiger charge is 2.22. The highest BCUT2D eigenvalue weighted by molar-refractivity contribution is 7.08. The summed E-state index contributed by atoms with van der Waals surface area (Å²) in [4.78, 5) is 16.9. The van der Waals surface area contributed by atoms with Crippen LogP contribution in [0.3, 0.4) is 0 Å². The first-order chi connectivity index (χ1) is 9.56. The number of amides is 1. The van der Waals surface area contributed by atoms with Gasteiger partial charge in [-0.05, 0) is 30.1 Å². The second kappa shape index (κ2) is 6.00. The van der Waals surface area contributed by atoms with Gasteiger partial charge in [0.05, 0.1) is 17.1 Å². The molecule has 0 bridgehead atoms. The van der Waals surface area contributed by atoms with Gasteiger partial charge in [-0.25, -0.2) is 0 Å². The first-order valence-corrected chi connectivity index (χ1v) is 7.19. The van der Waals surface area contributed by atoms with Crippen molar-refractivity contribution >= 4 is 28.8 Å². The number of para-hydroxylation sites is 2. The number of carbonyl (C=O) groups excluding carboxylic acids is 1. The summed E-state index contributed by atoms with van der Waals surface area (Å²) < 4.78 is 3.88. The van der Waals surface area contributed by atoms with Crippen molar-refractivity contribution in [3.05, 3.63) is 34.8 Å². The SMILES string of the molecule is CCc1nnsc1C(=O)N(C)c1ccccc1N(C)C. The molecular weight excluding hydrogens is 272 g/mol. The molecule has 2 rings (SSSR count). The molecule has 1 aromatic carbocycles. The Morgan fingerprint density at radius 3 is 2.45 bits per heavy atom. The Morgan fingerprint density at radius 1 is 1.20 bits per heavy atom. The first kappa shape index (κ1) is 14.5. The van der Waals surface area contributed by atoms with Gasteiger partial charge in [-0.2, -0.15) is 0 Å². The molecule has 0 aliphatic carbocycles. The molecule has 1 aromatic heterocycles. The highest BCUT2D eigenvalue weighted by Crippen LogP contribution is 2.28. The predicted molar refractivity (Wildman–Crippen MR) is 82.8 cm³/mol. The number of hydrogen-bond acceptors (Lipinski definition) is 5. The van der Waals surface area contributed by atoms with Crippen molar-refractivity contribution in [1.29, 1.82) is 0 Å². The van der Waals surface area contributed by atoms with Gasteiger partial charge in [-0.15, -0.1) is 5.10 Å². The summed E-state index contributed by atoms with van der Waals surface area (Å²) in [6, 6.07) is 7.82. The maximum absolute atomic E-state index is 12.6. The number of nitrogens with zero attached hydrogens (tertiary/aromatic N) is 4. The van der Waals surface area contributed by atoms with Gasteiger partial charge in [0.25, 0.3) is 5.91 Å². The van der Waals surface area contributed by atoms with Crippen molar-refractivity contribution in [3.63, 3.8) is 0 Å². The van der Waals surface area contributed by atoms with Crippen LogP contribution in [0.15, 0.2) is 24.3 Å². The van der Waals surface area contributed by atoms with Crippen LogP contribution in [0.5, 0.6) is 0 Å². The van der Waals surface area contributed by atoms with Crippen LogP contribution in [0.4, 0.5) is 11.4 Å². The summed E-state index contributed by atoms with van der Waals surface area (Å²) in [5, 5.41) is 4.00. The fraction of sp³-hybridized carbons (Fsp3) is 0.357. The van der Waals surface area contributed by atoms with Crippen LogP contribution in [0.1, 0.15) is 22.3 Å². The minimum atomic E-state index is -0.0637. The summed E-state index contributed by atoms with van der Waals surface area (Å²) in [6.45, 7) is 1.97. The van der Waals surface area contributed by atoms with Gasteiger partial charge >= 0.3 is 0 Å². The van der Waals surface area contributed by atoms with Crippen LogP contribution in [0.2, 0.25) is 0 Å². The summed E-state index contributed by atoms with van der Waals surface area (Å²) in [6.07, 6.45) is 0.709. The van der Waals surface area contributed by atoms with Crippen LogP contribution in [0.25, 0.3) is 0 Å². The molecule has 20 heavy (non-hydrogen) atoms. The third kappa shape index (κ3) is 2.65. The quantitative estimate of drug-likeness (QED) is 0.868. The number of aromatic nitrogens is 2. The summed E-state index contributed by atoms with van der Waals surface area (Å²) >= 11 is 1.15. The van der Waals surface area contributed by atoms with Gasteiger partial charge in [0, 0.05) is 21.1 Å². The van der Waals surface area contributed by atoms with E-state index in [9.17, 15) is 4.79 Å². The molecule has 0 fully saturated rings. The number of aryl methyl sites for hydroxylation is 1. The first-order valence-electron chi connectivity index (χ1n) is 6.41. The van der Waals surface area contributed by atoms with Crippen LogP contribution in [-0.2, 0) is 6.42 Å². The molecule has 2 aromatic rings. The van der Waals surface area contributed by atoms with E-state index >= 15 is 0 Å². The molecule has 0 spiro atoms. The number of rotatable bonds is 4. The Balaban J connectivity index is 2.37. The van der Waals surface area contributed by atoms with E-state index in [1.165, 1.54) is 0 Å². The normalized spacial score (nSPS) is 10.4. The molecule has 5 nitrogen and oxygen atoms in total. The number of hydrogen-bond donors (Lipinski definition) is 0. The van der Waals surface area contributed by atoms with Gasteiger partial charge in [0.2, 0.25) is 0 Å². The lowest BCUT2D eigenvalue weighted by Crippen LogP contribution is -2.28. The average Bonchev–Trinajstić information content (AvgIpc) is 2.94. The van der Waals surface area contributed by atoms with E-state index in [4.69, 9.17) is 0 Å². The number of anilines is 2. The summed E-state index contributed by atoms with van der Waals surface area (Å²) in [7, 11) is 5.70. The van der Waals surface area contributed by atoms with E-state index in [1.54, 1.807) is 11.9 Å². The summed E-state index contributed by atoms with van der Waals surface area (Å²) in [5.41, 5.74) is 2.63. The lowest BCUT2D eigenvalue weighted by Gasteiger charge is -2.23. The zero-order valence-electron chi connectivity index (χ0n) is 12.1. The fourth-order valence-corrected chi connectivity index (χ4v) is 2.72. The molecule has 0 aliphatic rings. The second-order valence-electron chi connectivity index (χ2n) is 4.65. The molecule has 1 heterocycles. The standard InChI is InChI=1S/C14H18N4OS/c1-5-10-13(20-16-15-10)14(19)18(4)12-9-7-6-8-11(12)17(2)3/h6-9H,5H2,1-4H3. The van der Waals surface area contributed by atoms with Crippen molar-refractivity contribution in [2.45, 2.75) is 13.3 Å². The molecule has 0 saturated heterocycles. The third-order valence-corrected chi connectivity index (χ3v) is 3.87. The minimum absolute atomic E-state index is 0.0637. The molecule has 0 radical (unpaired) electrons. The lowest BCUT2D eigenvalue weighted by atomic mass is 10.2. The Kier molecular flexibility index (Phi) is 4.34. The smallest absolute Gasteiger partial charge is 0.271 e. The van der Waals surface area contributed by atoms with E-state index in [-0.39, 0.29) is 5.91 Å². The van der Waals surface area contributed by atoms with E-state index in [2.05, 4.69) is 9.59 Å². The van der Waals surface area contributed by atoms with Crippen LogP contribution >= 0.6 is 11.5 Å². The Labute approximate surface area is 123 Å². The maximum Gasteiger partial charge on any atom is 0.271 e. The molecule has 0 N–H and O–H groups in total. The van der Waals surface area contributed by atoms with E-state index < -0.39 is 0 Å². The Hall–Kier alpha value is -1.95. The second-order valence-corrected chi connectivity index (χ2v) is 5.40. The molecule has 0 aliphatic heterocycles. The fourth-order valence-electron chi connectivity index (χ4n) is 1.99. The number of carbonyl (C=O) groups is 1. The van der Waals surface area contributed by atoms with Crippen molar-refractivity contribution < 1.29 is 4.79 Å². The van der Waals surface area contributed by atoms with Gasteiger partial charge in [-0.3, -0.25) is 4.79 Å². The molecule has 6 heteroatoms. The lowest BCUT2D eigenvalue weighted by molar-refractivity contribution is 0.0996. The third-order valence-electron chi connectivity index (χ3n) is 3.11. The van der Waals surface area contributed by atoms with Gasteiger partial charge in [0.15, 0.2) is 0 Å². The topological polar surface area (TPSA) is 49.3 Å². The van der Waals surface area contributed by atoms with Crippen LogP contribution in [0, 0.1) is 0 Å². The zero-order valence-corrected chi connectivity index (χ0v) is 12.9. The Morgan fingerprint density at radius 2 is 1.85 bits per heavy atom. The highest BCUT2D eigenvalue weighted by atomic mass is 32.1. The largest absolute Gasteiger partial charge is 0.376 e.